The molecule has 21 heavy (non-hydrogen) atoms. The van der Waals surface area contributed by atoms with E-state index in [1.165, 1.54) is 17.3 Å². The van der Waals surface area contributed by atoms with Crippen LogP contribution in [0.2, 0.25) is 5.02 Å². The normalized spacial score (nSPS) is 18.8. The largest absolute Gasteiger partial charge is 0.487 e. The number of hydrogen-bond donors (Lipinski definition) is 0. The maximum atomic E-state index is 12.8. The number of carbonyl (C=O) groups is 1. The summed E-state index contributed by atoms with van der Waals surface area (Å²) in [7, 11) is 0. The minimum atomic E-state index is -0.440. The Hall–Kier alpha value is -2.08. The van der Waals surface area contributed by atoms with Gasteiger partial charge in [0.15, 0.2) is 0 Å². The van der Waals surface area contributed by atoms with Crippen molar-refractivity contribution in [2.45, 2.75) is 26.0 Å². The smallest absolute Gasteiger partial charge is 0.251 e. The summed E-state index contributed by atoms with van der Waals surface area (Å²) in [6.07, 6.45) is 2.87. The van der Waals surface area contributed by atoms with E-state index in [2.05, 4.69) is 10.1 Å². The van der Waals surface area contributed by atoms with Gasteiger partial charge < -0.3 is 9.64 Å². The number of halogens is 1. The molecule has 2 aromatic rings. The van der Waals surface area contributed by atoms with Gasteiger partial charge in [-0.2, -0.15) is 5.10 Å². The van der Waals surface area contributed by atoms with Gasteiger partial charge in [-0.05, 0) is 32.0 Å². The van der Waals surface area contributed by atoms with Crippen molar-refractivity contribution in [3.63, 3.8) is 0 Å². The Bertz CT molecular complexity index is 659. The molecular formula is C14H15ClN4O2. The highest BCUT2D eigenvalue weighted by Crippen LogP contribution is 2.36. The second-order valence-corrected chi connectivity index (χ2v) is 5.48. The van der Waals surface area contributed by atoms with Crippen molar-refractivity contribution in [3.8, 4) is 5.75 Å². The molecule has 0 fully saturated rings. The molecule has 1 aliphatic heterocycles. The summed E-state index contributed by atoms with van der Waals surface area (Å²) in [6, 6.07) is 4.84. The molecule has 0 spiro atoms. The predicted octanol–water partition coefficient (Wildman–Crippen LogP) is 2.31. The van der Waals surface area contributed by atoms with Crippen molar-refractivity contribution in [2.75, 3.05) is 11.4 Å². The number of amides is 1. The van der Waals surface area contributed by atoms with Gasteiger partial charge in [0.2, 0.25) is 0 Å². The molecule has 1 aromatic heterocycles. The molecule has 1 aliphatic rings. The van der Waals surface area contributed by atoms with Crippen molar-refractivity contribution in [1.29, 1.82) is 0 Å². The van der Waals surface area contributed by atoms with Crippen LogP contribution in [-0.4, -0.2) is 33.3 Å². The van der Waals surface area contributed by atoms with Crippen molar-refractivity contribution < 1.29 is 9.53 Å². The first-order valence-corrected chi connectivity index (χ1v) is 7.05. The highest BCUT2D eigenvalue weighted by Gasteiger charge is 2.31. The van der Waals surface area contributed by atoms with E-state index >= 15 is 0 Å². The summed E-state index contributed by atoms with van der Waals surface area (Å²) >= 11 is 6.04. The van der Waals surface area contributed by atoms with Crippen molar-refractivity contribution in [2.24, 2.45) is 0 Å². The van der Waals surface area contributed by atoms with Gasteiger partial charge in [0.05, 0.1) is 12.2 Å². The summed E-state index contributed by atoms with van der Waals surface area (Å²) in [5, 5.41) is 4.59. The van der Waals surface area contributed by atoms with Crippen LogP contribution in [0.15, 0.2) is 30.9 Å². The van der Waals surface area contributed by atoms with Gasteiger partial charge >= 0.3 is 0 Å². The third-order valence-electron chi connectivity index (χ3n) is 3.44. The zero-order chi connectivity index (χ0) is 15.0. The van der Waals surface area contributed by atoms with Crippen LogP contribution in [0.1, 0.15) is 19.9 Å². The lowest BCUT2D eigenvalue weighted by Gasteiger charge is -2.34. The third kappa shape index (κ3) is 2.58. The van der Waals surface area contributed by atoms with Crippen LogP contribution in [0.25, 0.3) is 0 Å². The number of hydrogen-bond acceptors (Lipinski definition) is 4. The fourth-order valence-corrected chi connectivity index (χ4v) is 2.54. The lowest BCUT2D eigenvalue weighted by atomic mass is 10.1. The molecule has 3 rings (SSSR count). The van der Waals surface area contributed by atoms with E-state index in [1.807, 2.05) is 6.92 Å². The Balaban J connectivity index is 1.95. The molecule has 6 nitrogen and oxygen atoms in total. The third-order valence-corrected chi connectivity index (χ3v) is 3.67. The number of aromatic nitrogens is 3. The van der Waals surface area contributed by atoms with E-state index in [0.29, 0.717) is 23.0 Å². The first kappa shape index (κ1) is 13.9. The number of carbonyl (C=O) groups excluding carboxylic acids is 1. The van der Waals surface area contributed by atoms with E-state index in [-0.39, 0.29) is 12.0 Å². The number of anilines is 1. The van der Waals surface area contributed by atoms with E-state index in [0.717, 1.165) is 0 Å². The Kier molecular flexibility index (Phi) is 3.55. The maximum Gasteiger partial charge on any atom is 0.251 e. The molecule has 2 heterocycles. The topological polar surface area (TPSA) is 60.2 Å². The number of fused-ring (bicyclic) bond motifs is 1. The minimum Gasteiger partial charge on any atom is -0.487 e. The quantitative estimate of drug-likeness (QED) is 0.854. The highest BCUT2D eigenvalue weighted by molar-refractivity contribution is 6.31. The molecule has 0 radical (unpaired) electrons. The zero-order valence-corrected chi connectivity index (χ0v) is 12.5. The molecule has 0 saturated heterocycles. The van der Waals surface area contributed by atoms with Crippen molar-refractivity contribution in [1.82, 2.24) is 14.8 Å². The summed E-state index contributed by atoms with van der Waals surface area (Å²) < 4.78 is 7.28. The van der Waals surface area contributed by atoms with Gasteiger partial charge in [0.1, 0.15) is 30.5 Å². The van der Waals surface area contributed by atoms with Crippen LogP contribution >= 0.6 is 11.6 Å². The van der Waals surface area contributed by atoms with Crippen molar-refractivity contribution in [3.05, 3.63) is 35.9 Å². The standard InChI is InChI=1S/C14H15ClN4O2/c1-9-6-18(12-5-11(15)3-4-13(12)21-9)14(20)10(2)19-8-16-7-17-19/h3-5,7-10H,6H2,1-2H3/t9-,10-/m1/s1. The van der Waals surface area contributed by atoms with Crippen LogP contribution < -0.4 is 9.64 Å². The monoisotopic (exact) mass is 306 g/mol. The highest BCUT2D eigenvalue weighted by atomic mass is 35.5. The van der Waals surface area contributed by atoms with E-state index < -0.39 is 6.04 Å². The molecule has 110 valence electrons. The molecule has 1 aromatic carbocycles. The lowest BCUT2D eigenvalue weighted by molar-refractivity contribution is -0.122. The van der Waals surface area contributed by atoms with Gasteiger partial charge in [-0.25, -0.2) is 9.67 Å². The number of rotatable bonds is 2. The summed E-state index contributed by atoms with van der Waals surface area (Å²) in [5.74, 6) is 0.594. The van der Waals surface area contributed by atoms with Gasteiger partial charge in [-0.1, -0.05) is 11.6 Å². The Labute approximate surface area is 127 Å². The molecule has 0 saturated carbocycles. The molecular weight excluding hydrogens is 292 g/mol. The van der Waals surface area contributed by atoms with Crippen molar-refractivity contribution >= 4 is 23.2 Å². The van der Waals surface area contributed by atoms with Gasteiger partial charge in [0.25, 0.3) is 5.91 Å². The van der Waals surface area contributed by atoms with Crippen LogP contribution in [0.3, 0.4) is 0 Å². The van der Waals surface area contributed by atoms with E-state index in [1.54, 1.807) is 30.0 Å². The van der Waals surface area contributed by atoms with E-state index in [9.17, 15) is 4.79 Å². The van der Waals surface area contributed by atoms with Crippen LogP contribution in [0.4, 0.5) is 5.69 Å². The Morgan fingerprint density at radius 3 is 3.05 bits per heavy atom. The number of ether oxygens (including phenoxy) is 1. The molecule has 1 amide bonds. The fourth-order valence-electron chi connectivity index (χ4n) is 2.38. The zero-order valence-electron chi connectivity index (χ0n) is 11.7. The summed E-state index contributed by atoms with van der Waals surface area (Å²) in [5.41, 5.74) is 0.692. The Morgan fingerprint density at radius 2 is 2.33 bits per heavy atom. The first-order chi connectivity index (χ1) is 10.1. The second-order valence-electron chi connectivity index (χ2n) is 5.04. The van der Waals surface area contributed by atoms with Gasteiger partial charge in [-0.3, -0.25) is 4.79 Å². The predicted molar refractivity (Wildman–Crippen MR) is 78.6 cm³/mol. The van der Waals surface area contributed by atoms with E-state index in [4.69, 9.17) is 16.3 Å². The molecule has 0 unspecified atom stereocenters. The van der Waals surface area contributed by atoms with Crippen LogP contribution in [0, 0.1) is 0 Å². The number of benzene rings is 1. The second kappa shape index (κ2) is 5.37. The van der Waals surface area contributed by atoms with Crippen LogP contribution in [0.5, 0.6) is 5.75 Å². The lowest BCUT2D eigenvalue weighted by Crippen LogP contribution is -2.45. The molecule has 7 heteroatoms. The molecule has 0 N–H and O–H groups in total. The number of nitrogens with zero attached hydrogens (tertiary/aromatic N) is 4. The average molecular weight is 307 g/mol. The maximum absolute atomic E-state index is 12.8. The minimum absolute atomic E-state index is 0.0702. The summed E-state index contributed by atoms with van der Waals surface area (Å²) in [4.78, 5) is 18.3. The Morgan fingerprint density at radius 1 is 1.52 bits per heavy atom. The molecule has 2 atom stereocenters. The first-order valence-electron chi connectivity index (χ1n) is 6.68. The van der Waals surface area contributed by atoms with Gasteiger partial charge in [-0.15, -0.1) is 0 Å². The SMILES string of the molecule is C[C@@H]1CN(C(=O)[C@@H](C)n2cncn2)c2cc(Cl)ccc2O1. The fraction of sp³-hybridized carbons (Fsp3) is 0.357. The summed E-state index contributed by atoms with van der Waals surface area (Å²) in [6.45, 7) is 4.20. The van der Waals surface area contributed by atoms with Crippen LogP contribution in [-0.2, 0) is 4.79 Å². The van der Waals surface area contributed by atoms with Gasteiger partial charge in [0, 0.05) is 5.02 Å². The molecule has 0 bridgehead atoms. The molecule has 0 aliphatic carbocycles. The average Bonchev–Trinajstić information content (AvgIpc) is 2.99.